The molecule has 0 unspecified atom stereocenters. The summed E-state index contributed by atoms with van der Waals surface area (Å²) in [4.78, 5) is 23.9. The van der Waals surface area contributed by atoms with Gasteiger partial charge < -0.3 is 20.1 Å². The van der Waals surface area contributed by atoms with E-state index in [4.69, 9.17) is 21.1 Å². The number of hydrogen-bond acceptors (Lipinski definition) is 4. The minimum absolute atomic E-state index is 0.0429. The van der Waals surface area contributed by atoms with Crippen LogP contribution < -0.4 is 20.1 Å². The van der Waals surface area contributed by atoms with E-state index in [2.05, 4.69) is 10.6 Å². The average molecular weight is 387 g/mol. The number of nitrogens with one attached hydrogen (secondary N) is 2. The number of benzene rings is 2. The zero-order chi connectivity index (χ0) is 18.9. The molecule has 0 radical (unpaired) electrons. The van der Waals surface area contributed by atoms with Crippen molar-refractivity contribution in [3.63, 3.8) is 0 Å². The van der Waals surface area contributed by atoms with Crippen molar-refractivity contribution in [3.8, 4) is 11.5 Å². The van der Waals surface area contributed by atoms with E-state index in [-0.39, 0.29) is 23.2 Å². The molecular formula is C16H10ClF3N2O4. The fraction of sp³-hybridized carbons (Fsp3) is 0.125. The molecule has 2 aromatic carbocycles. The van der Waals surface area contributed by atoms with E-state index in [0.29, 0.717) is 17.6 Å². The zero-order valence-electron chi connectivity index (χ0n) is 12.8. The Morgan fingerprint density at radius 3 is 2.38 bits per heavy atom. The van der Waals surface area contributed by atoms with Crippen LogP contribution in [0.5, 0.6) is 11.5 Å². The van der Waals surface area contributed by atoms with E-state index in [0.717, 1.165) is 12.1 Å². The van der Waals surface area contributed by atoms with Crippen LogP contribution in [0.3, 0.4) is 0 Å². The predicted molar refractivity (Wildman–Crippen MR) is 86.3 cm³/mol. The Bertz CT molecular complexity index is 886. The molecule has 0 aliphatic carbocycles. The number of anilines is 2. The molecule has 3 rings (SSSR count). The summed E-state index contributed by atoms with van der Waals surface area (Å²) in [7, 11) is 0. The number of carbonyl (C=O) groups is 2. The first-order chi connectivity index (χ1) is 12.2. The second-order valence-corrected chi connectivity index (χ2v) is 5.58. The maximum Gasteiger partial charge on any atom is 0.416 e. The summed E-state index contributed by atoms with van der Waals surface area (Å²) in [5, 5.41) is 4.22. The van der Waals surface area contributed by atoms with Crippen molar-refractivity contribution < 1.29 is 32.2 Å². The van der Waals surface area contributed by atoms with Crippen LogP contribution in [0.2, 0.25) is 5.02 Å². The molecule has 2 aromatic rings. The molecule has 26 heavy (non-hydrogen) atoms. The number of fused-ring (bicyclic) bond motifs is 1. The van der Waals surface area contributed by atoms with Gasteiger partial charge in [-0.2, -0.15) is 13.2 Å². The SMILES string of the molecule is O=C(Nc1ccc2c(c1)OCO2)C(=O)Nc1cc(C(F)(F)F)ccc1Cl. The number of rotatable bonds is 2. The molecule has 0 spiro atoms. The Balaban J connectivity index is 1.71. The number of ether oxygens (including phenoxy) is 2. The Morgan fingerprint density at radius 2 is 1.65 bits per heavy atom. The third kappa shape index (κ3) is 3.83. The van der Waals surface area contributed by atoms with Crippen LogP contribution >= 0.6 is 11.6 Å². The third-order valence-electron chi connectivity index (χ3n) is 3.38. The van der Waals surface area contributed by atoms with E-state index < -0.39 is 23.6 Å². The van der Waals surface area contributed by atoms with Gasteiger partial charge in [0.15, 0.2) is 11.5 Å². The lowest BCUT2D eigenvalue weighted by atomic mass is 10.2. The van der Waals surface area contributed by atoms with Crippen LogP contribution in [0.4, 0.5) is 24.5 Å². The summed E-state index contributed by atoms with van der Waals surface area (Å²) in [5.74, 6) is -1.38. The van der Waals surface area contributed by atoms with E-state index in [9.17, 15) is 22.8 Å². The monoisotopic (exact) mass is 386 g/mol. The van der Waals surface area contributed by atoms with Crippen LogP contribution in [0, 0.1) is 0 Å². The minimum Gasteiger partial charge on any atom is -0.454 e. The van der Waals surface area contributed by atoms with Gasteiger partial charge in [-0.25, -0.2) is 0 Å². The Kier molecular flexibility index (Phi) is 4.64. The van der Waals surface area contributed by atoms with Crippen LogP contribution in [0.1, 0.15) is 5.56 Å². The van der Waals surface area contributed by atoms with Gasteiger partial charge in [0.1, 0.15) is 0 Å². The molecule has 0 saturated heterocycles. The molecule has 10 heteroatoms. The molecule has 0 atom stereocenters. The highest BCUT2D eigenvalue weighted by atomic mass is 35.5. The minimum atomic E-state index is -4.61. The summed E-state index contributed by atoms with van der Waals surface area (Å²) in [6.45, 7) is 0.0429. The van der Waals surface area contributed by atoms with Gasteiger partial charge in [0.2, 0.25) is 6.79 Å². The second kappa shape index (κ2) is 6.75. The van der Waals surface area contributed by atoms with Crippen LogP contribution in [0.15, 0.2) is 36.4 Å². The third-order valence-corrected chi connectivity index (χ3v) is 3.71. The topological polar surface area (TPSA) is 76.7 Å². The summed E-state index contributed by atoms with van der Waals surface area (Å²) in [6.07, 6.45) is -4.61. The molecule has 136 valence electrons. The molecule has 0 saturated carbocycles. The number of alkyl halides is 3. The first kappa shape index (κ1) is 17.9. The Labute approximate surface area is 149 Å². The van der Waals surface area contributed by atoms with E-state index in [1.807, 2.05) is 0 Å². The molecule has 0 aromatic heterocycles. The molecule has 0 bridgehead atoms. The zero-order valence-corrected chi connectivity index (χ0v) is 13.6. The van der Waals surface area contributed by atoms with Gasteiger partial charge in [-0.15, -0.1) is 0 Å². The maximum atomic E-state index is 12.7. The average Bonchev–Trinajstić information content (AvgIpc) is 3.03. The molecule has 2 amide bonds. The first-order valence-electron chi connectivity index (χ1n) is 7.13. The van der Waals surface area contributed by atoms with Crippen LogP contribution in [-0.4, -0.2) is 18.6 Å². The lowest BCUT2D eigenvalue weighted by molar-refractivity contribution is -0.137. The molecule has 0 fully saturated rings. The van der Waals surface area contributed by atoms with E-state index in [1.54, 1.807) is 6.07 Å². The van der Waals surface area contributed by atoms with E-state index >= 15 is 0 Å². The van der Waals surface area contributed by atoms with Crippen molar-refractivity contribution in [2.75, 3.05) is 17.4 Å². The molecule has 2 N–H and O–H groups in total. The first-order valence-corrected chi connectivity index (χ1v) is 7.50. The Hall–Kier alpha value is -2.94. The smallest absolute Gasteiger partial charge is 0.416 e. The molecule has 1 aliphatic rings. The fourth-order valence-corrected chi connectivity index (χ4v) is 2.30. The van der Waals surface area contributed by atoms with E-state index in [1.165, 1.54) is 12.1 Å². The van der Waals surface area contributed by atoms with Crippen molar-refractivity contribution in [3.05, 3.63) is 47.0 Å². The molecular weight excluding hydrogens is 377 g/mol. The van der Waals surface area contributed by atoms with Crippen LogP contribution in [-0.2, 0) is 15.8 Å². The van der Waals surface area contributed by atoms with Gasteiger partial charge in [0.25, 0.3) is 0 Å². The van der Waals surface area contributed by atoms with Gasteiger partial charge in [-0.3, -0.25) is 9.59 Å². The van der Waals surface area contributed by atoms with Gasteiger partial charge >= 0.3 is 18.0 Å². The number of hydrogen-bond donors (Lipinski definition) is 2. The molecule has 1 aliphatic heterocycles. The van der Waals surface area contributed by atoms with Gasteiger partial charge in [0, 0.05) is 11.8 Å². The molecule has 1 heterocycles. The molecule has 6 nitrogen and oxygen atoms in total. The van der Waals surface area contributed by atoms with Gasteiger partial charge in [0.05, 0.1) is 16.3 Å². The van der Waals surface area contributed by atoms with Crippen LogP contribution in [0.25, 0.3) is 0 Å². The Morgan fingerprint density at radius 1 is 0.962 bits per heavy atom. The number of halogens is 4. The van der Waals surface area contributed by atoms with Gasteiger partial charge in [-0.1, -0.05) is 11.6 Å². The largest absolute Gasteiger partial charge is 0.454 e. The highest BCUT2D eigenvalue weighted by molar-refractivity contribution is 6.44. The summed E-state index contributed by atoms with van der Waals surface area (Å²) < 4.78 is 48.5. The second-order valence-electron chi connectivity index (χ2n) is 5.17. The van der Waals surface area contributed by atoms with Crippen molar-refractivity contribution in [2.45, 2.75) is 6.18 Å². The van der Waals surface area contributed by atoms with Crippen molar-refractivity contribution >= 4 is 34.8 Å². The van der Waals surface area contributed by atoms with Gasteiger partial charge in [-0.05, 0) is 30.3 Å². The van der Waals surface area contributed by atoms with Crippen molar-refractivity contribution in [2.24, 2.45) is 0 Å². The standard InChI is InChI=1S/C16H10ClF3N2O4/c17-10-3-1-8(16(18,19)20)5-11(10)22-15(24)14(23)21-9-2-4-12-13(6-9)26-7-25-12/h1-6H,7H2,(H,21,23)(H,22,24). The number of carbonyl (C=O) groups excluding carboxylic acids is 2. The summed E-state index contributed by atoms with van der Waals surface area (Å²) in [6, 6.07) is 6.87. The predicted octanol–water partition coefficient (Wildman–Crippen LogP) is 3.66. The number of amides is 2. The summed E-state index contributed by atoms with van der Waals surface area (Å²) in [5.41, 5.74) is -1.08. The highest BCUT2D eigenvalue weighted by Crippen LogP contribution is 2.35. The normalized spacial score (nSPS) is 12.6. The lowest BCUT2D eigenvalue weighted by Crippen LogP contribution is -2.29. The van der Waals surface area contributed by atoms with Crippen molar-refractivity contribution in [1.82, 2.24) is 0 Å². The van der Waals surface area contributed by atoms with Crippen molar-refractivity contribution in [1.29, 1.82) is 0 Å². The quantitative estimate of drug-likeness (QED) is 0.772. The lowest BCUT2D eigenvalue weighted by Gasteiger charge is -2.11. The highest BCUT2D eigenvalue weighted by Gasteiger charge is 2.31. The summed E-state index contributed by atoms with van der Waals surface area (Å²) >= 11 is 5.77. The fourth-order valence-electron chi connectivity index (χ4n) is 2.14. The maximum absolute atomic E-state index is 12.7.